The Morgan fingerprint density at radius 1 is 0.303 bits per heavy atom. The third kappa shape index (κ3) is 10.4. The van der Waals surface area contributed by atoms with Gasteiger partial charge >= 0.3 is 17.6 Å². The van der Waals surface area contributed by atoms with Crippen LogP contribution in [0.2, 0.25) is 65.5 Å². The van der Waals surface area contributed by atoms with Crippen LogP contribution in [-0.4, -0.2) is 126 Å². The van der Waals surface area contributed by atoms with E-state index >= 15 is 0 Å². The lowest BCUT2D eigenvalue weighted by Gasteiger charge is -2.48. The number of hydrogen-bond donors (Lipinski definition) is 0. The van der Waals surface area contributed by atoms with Crippen molar-refractivity contribution in [3.8, 4) is 0 Å². The van der Waals surface area contributed by atoms with Gasteiger partial charge in [-0.3, -0.25) is 0 Å². The van der Waals surface area contributed by atoms with Gasteiger partial charge in [-0.05, 0) is 109 Å². The third-order valence-corrected chi connectivity index (χ3v) is 31.9. The molecule has 0 aromatic rings. The molecule has 0 amide bonds. The van der Waals surface area contributed by atoms with Crippen molar-refractivity contribution in [1.29, 1.82) is 0 Å². The van der Waals surface area contributed by atoms with Gasteiger partial charge in [-0.2, -0.15) is 0 Å². The normalized spacial score (nSPS) is 15.5. The molecule has 0 saturated heterocycles. The molecule has 200 valence electrons. The van der Waals surface area contributed by atoms with E-state index in [-0.39, 0.29) is 0 Å². The first-order chi connectivity index (χ1) is 14.3. The minimum absolute atomic E-state index is 2.02. The van der Waals surface area contributed by atoms with Gasteiger partial charge in [0, 0.05) is 13.1 Å². The van der Waals surface area contributed by atoms with Crippen molar-refractivity contribution in [1.82, 2.24) is 18.3 Å². The Balaban J connectivity index is 6.54. The van der Waals surface area contributed by atoms with Gasteiger partial charge in [0.05, 0.1) is 0 Å². The summed E-state index contributed by atoms with van der Waals surface area (Å²) in [4.78, 5) is 0. The van der Waals surface area contributed by atoms with Crippen LogP contribution in [0.1, 0.15) is 0 Å². The molecule has 0 aliphatic carbocycles. The zero-order valence-electron chi connectivity index (χ0n) is 24.8. The van der Waals surface area contributed by atoms with Gasteiger partial charge in [0.15, 0.2) is 0 Å². The maximum Gasteiger partial charge on any atom is 0.471 e. The Morgan fingerprint density at radius 2 is 0.455 bits per heavy atom. The van der Waals surface area contributed by atoms with Gasteiger partial charge in [-0.15, -0.1) is 0 Å². The van der Waals surface area contributed by atoms with Gasteiger partial charge in [0.2, 0.25) is 0 Å². The fraction of sp³-hybridized carbons (Fsp3) is 1.00. The van der Waals surface area contributed by atoms with Crippen LogP contribution in [0.5, 0.6) is 0 Å². The van der Waals surface area contributed by atoms with Gasteiger partial charge < -0.3 is 38.8 Å². The fourth-order valence-corrected chi connectivity index (χ4v) is 26.0. The van der Waals surface area contributed by atoms with Gasteiger partial charge in [0.1, 0.15) is 0 Å². The van der Waals surface area contributed by atoms with Crippen molar-refractivity contribution in [3.63, 3.8) is 0 Å². The lowest BCUT2D eigenvalue weighted by atomic mass is 11.3. The highest BCUT2D eigenvalue weighted by Gasteiger charge is 2.57. The van der Waals surface area contributed by atoms with Gasteiger partial charge in [-0.1, -0.05) is 0 Å². The van der Waals surface area contributed by atoms with E-state index in [2.05, 4.69) is 127 Å². The molecule has 0 aliphatic rings. The minimum Gasteiger partial charge on any atom is -0.403 e. The molecule has 0 aromatic carbocycles. The summed E-state index contributed by atoms with van der Waals surface area (Å²) in [5.41, 5.74) is 0. The highest BCUT2D eigenvalue weighted by atomic mass is 28.5. The van der Waals surface area contributed by atoms with Crippen molar-refractivity contribution < 1.29 is 20.6 Å². The number of rotatable bonds is 14. The van der Waals surface area contributed by atoms with Crippen LogP contribution < -0.4 is 0 Å². The predicted molar refractivity (Wildman–Crippen MR) is 153 cm³/mol. The summed E-state index contributed by atoms with van der Waals surface area (Å²) in [6.07, 6.45) is 0. The molecule has 0 bridgehead atoms. The fourth-order valence-electron chi connectivity index (χ4n) is 2.64. The molecule has 0 spiro atoms. The standard InChI is InChI=1S/C18H54N4O5Si6/c1-19(2)28(9,10)23-32(17,24-29(11,12)20(3)4)27-33(18,25-30(13,14)21(5)6)26-31(15,16)22(7)8/h1-18H3. The summed E-state index contributed by atoms with van der Waals surface area (Å²) in [5, 5.41) is 0. The van der Waals surface area contributed by atoms with Crippen molar-refractivity contribution in [3.05, 3.63) is 0 Å². The molecule has 0 unspecified atom stereocenters. The van der Waals surface area contributed by atoms with Crippen LogP contribution >= 0.6 is 0 Å². The van der Waals surface area contributed by atoms with Gasteiger partial charge in [0.25, 0.3) is 33.9 Å². The van der Waals surface area contributed by atoms with Crippen LogP contribution in [-0.2, 0) is 20.6 Å². The predicted octanol–water partition coefficient (Wildman–Crippen LogP) is 3.26. The molecule has 0 aromatic heterocycles. The van der Waals surface area contributed by atoms with E-state index < -0.39 is 51.5 Å². The molecule has 33 heavy (non-hydrogen) atoms. The Morgan fingerprint density at radius 3 is 0.576 bits per heavy atom. The molecule has 15 heteroatoms. The van der Waals surface area contributed by atoms with Crippen molar-refractivity contribution >= 4 is 51.5 Å². The molecule has 0 radical (unpaired) electrons. The summed E-state index contributed by atoms with van der Waals surface area (Å²) < 4.78 is 43.1. The largest absolute Gasteiger partial charge is 0.471 e. The van der Waals surface area contributed by atoms with E-state index in [9.17, 15) is 0 Å². The highest BCUT2D eigenvalue weighted by Crippen LogP contribution is 2.31. The van der Waals surface area contributed by atoms with E-state index in [0.717, 1.165) is 0 Å². The first kappa shape index (κ1) is 33.9. The Labute approximate surface area is 211 Å². The smallest absolute Gasteiger partial charge is 0.403 e. The molecule has 0 fully saturated rings. The second kappa shape index (κ2) is 11.6. The molecule has 0 rings (SSSR count). The van der Waals surface area contributed by atoms with Crippen LogP contribution in [0, 0.1) is 0 Å². The SMILES string of the molecule is CN(C)[Si](C)(C)O[Si](C)(O[Si](C)(O[Si](C)(C)N(C)C)O[Si](C)(C)N(C)C)O[Si](C)(C)N(C)C. The minimum atomic E-state index is -3.19. The first-order valence-electron chi connectivity index (χ1n) is 11.5. The zero-order chi connectivity index (χ0) is 26.8. The van der Waals surface area contributed by atoms with E-state index in [4.69, 9.17) is 20.6 Å². The maximum atomic E-state index is 6.99. The molecular formula is C18H54N4O5Si6. The molecule has 0 heterocycles. The Bertz CT molecular complexity index is 539. The molecular weight excluding hydrogens is 521 g/mol. The van der Waals surface area contributed by atoms with E-state index in [1.165, 1.54) is 0 Å². The quantitative estimate of drug-likeness (QED) is 0.291. The third-order valence-electron chi connectivity index (χ3n) is 6.42. The monoisotopic (exact) mass is 574 g/mol. The van der Waals surface area contributed by atoms with Crippen LogP contribution in [0.3, 0.4) is 0 Å². The van der Waals surface area contributed by atoms with Crippen molar-refractivity contribution in [2.45, 2.75) is 65.5 Å². The van der Waals surface area contributed by atoms with Crippen LogP contribution in [0.4, 0.5) is 0 Å². The maximum absolute atomic E-state index is 6.99. The number of nitrogens with zero attached hydrogens (tertiary/aromatic N) is 4. The molecule has 9 nitrogen and oxygen atoms in total. The highest BCUT2D eigenvalue weighted by molar-refractivity contribution is 6.91. The number of hydrogen-bond acceptors (Lipinski definition) is 9. The van der Waals surface area contributed by atoms with E-state index in [1.54, 1.807) is 0 Å². The topological polar surface area (TPSA) is 59.1 Å². The zero-order valence-corrected chi connectivity index (χ0v) is 30.8. The van der Waals surface area contributed by atoms with Crippen molar-refractivity contribution in [2.24, 2.45) is 0 Å². The lowest BCUT2D eigenvalue weighted by molar-refractivity contribution is 0.162. The molecule has 0 N–H and O–H groups in total. The summed E-state index contributed by atoms with van der Waals surface area (Å²) in [5.74, 6) is 0. The Hall–Kier alpha value is 0.941. The average molecular weight is 575 g/mol. The summed E-state index contributed by atoms with van der Waals surface area (Å²) in [7, 11) is 1.09. The molecule has 0 atom stereocenters. The summed E-state index contributed by atoms with van der Waals surface area (Å²) in [6.45, 7) is 21.4. The van der Waals surface area contributed by atoms with Crippen LogP contribution in [0.15, 0.2) is 0 Å². The first-order valence-corrected chi connectivity index (χ1v) is 27.4. The average Bonchev–Trinajstić information content (AvgIpc) is 2.50. The van der Waals surface area contributed by atoms with Crippen LogP contribution in [0.25, 0.3) is 0 Å². The second-order valence-corrected chi connectivity index (χ2v) is 34.3. The summed E-state index contributed by atoms with van der Waals surface area (Å²) >= 11 is 0. The van der Waals surface area contributed by atoms with Crippen molar-refractivity contribution in [2.75, 3.05) is 56.4 Å². The van der Waals surface area contributed by atoms with E-state index in [0.29, 0.717) is 0 Å². The lowest BCUT2D eigenvalue weighted by Crippen LogP contribution is -2.70. The Kier molecular flexibility index (Phi) is 11.9. The summed E-state index contributed by atoms with van der Waals surface area (Å²) in [6, 6.07) is 0. The molecule has 0 aliphatic heterocycles. The van der Waals surface area contributed by atoms with Gasteiger partial charge in [-0.25, -0.2) is 0 Å². The second-order valence-electron chi connectivity index (χ2n) is 11.6. The molecule has 0 saturated carbocycles. The van der Waals surface area contributed by atoms with E-state index in [1.807, 2.05) is 13.1 Å².